The Balaban J connectivity index is 2.31. The Morgan fingerprint density at radius 3 is 2.28 bits per heavy atom. The van der Waals surface area contributed by atoms with Crippen LogP contribution in [0.1, 0.15) is 24.6 Å². The first kappa shape index (κ1) is 21.4. The zero-order valence-electron chi connectivity index (χ0n) is 15.1. The van der Waals surface area contributed by atoms with E-state index >= 15 is 0 Å². The highest BCUT2D eigenvalue weighted by atomic mass is 35.5. The first-order valence-corrected chi connectivity index (χ1v) is 8.67. The third-order valence-electron chi connectivity index (χ3n) is 4.62. The number of rotatable bonds is 4. The Morgan fingerprint density at radius 2 is 1.76 bits per heavy atom. The molecule has 156 valence electrons. The molecule has 0 saturated heterocycles. The summed E-state index contributed by atoms with van der Waals surface area (Å²) in [5, 5.41) is 3.74. The van der Waals surface area contributed by atoms with E-state index in [0.717, 1.165) is 11.8 Å². The molecule has 2 aromatic heterocycles. The Labute approximate surface area is 166 Å². The predicted molar refractivity (Wildman–Crippen MR) is 93.9 cm³/mol. The summed E-state index contributed by atoms with van der Waals surface area (Å²) in [5.74, 6) is -0.231. The Kier molecular flexibility index (Phi) is 5.29. The maximum Gasteiger partial charge on any atom is 0.423 e. The molecule has 0 aliphatic heterocycles. The number of para-hydroxylation sites is 1. The summed E-state index contributed by atoms with van der Waals surface area (Å²) in [6.45, 7) is 1.30. The van der Waals surface area contributed by atoms with E-state index in [1.807, 2.05) is 0 Å². The minimum Gasteiger partial charge on any atom is -0.363 e. The molecule has 0 aliphatic carbocycles. The molecular formula is C18H14ClF6N3O. The van der Waals surface area contributed by atoms with Crippen LogP contribution in [0, 0.1) is 0 Å². The first-order valence-electron chi connectivity index (χ1n) is 8.29. The van der Waals surface area contributed by atoms with Crippen LogP contribution < -0.4 is 0 Å². The van der Waals surface area contributed by atoms with E-state index in [9.17, 15) is 26.3 Å². The van der Waals surface area contributed by atoms with Crippen molar-refractivity contribution in [1.29, 1.82) is 0 Å². The minimum absolute atomic E-state index is 0.117. The number of methoxy groups -OCH3 is 1. The number of alkyl halides is 6. The largest absolute Gasteiger partial charge is 0.423 e. The standard InChI is InChI=1S/C18H14ClF6N3O/c1-3-16(29-2,18(23,24)25)14-11-6-4-5-7-13(11)28(27-14)15-12(19)8-10(9-26-15)17(20,21)22/h4-9H,3H2,1-2H3. The van der Waals surface area contributed by atoms with E-state index in [0.29, 0.717) is 12.3 Å². The zero-order valence-corrected chi connectivity index (χ0v) is 15.8. The molecule has 0 N–H and O–H groups in total. The summed E-state index contributed by atoms with van der Waals surface area (Å²) in [7, 11) is 0.925. The summed E-state index contributed by atoms with van der Waals surface area (Å²) in [5.41, 5.74) is -4.03. The summed E-state index contributed by atoms with van der Waals surface area (Å²) in [4.78, 5) is 3.70. The molecule has 0 fully saturated rings. The van der Waals surface area contributed by atoms with Crippen molar-refractivity contribution in [2.24, 2.45) is 0 Å². The third-order valence-corrected chi connectivity index (χ3v) is 4.90. The van der Waals surface area contributed by atoms with Crippen molar-refractivity contribution in [3.8, 4) is 5.82 Å². The molecule has 2 heterocycles. The van der Waals surface area contributed by atoms with Gasteiger partial charge < -0.3 is 4.74 Å². The smallest absolute Gasteiger partial charge is 0.363 e. The summed E-state index contributed by atoms with van der Waals surface area (Å²) < 4.78 is 86.3. The fraction of sp³-hybridized carbons (Fsp3) is 0.333. The number of ether oxygens (including phenoxy) is 1. The molecule has 3 rings (SSSR count). The Morgan fingerprint density at radius 1 is 1.10 bits per heavy atom. The van der Waals surface area contributed by atoms with Crippen molar-refractivity contribution in [2.45, 2.75) is 31.3 Å². The molecule has 0 saturated carbocycles. The molecule has 0 radical (unpaired) electrons. The lowest BCUT2D eigenvalue weighted by molar-refractivity contribution is -0.279. The van der Waals surface area contributed by atoms with Crippen molar-refractivity contribution < 1.29 is 31.1 Å². The van der Waals surface area contributed by atoms with E-state index in [4.69, 9.17) is 16.3 Å². The lowest BCUT2D eigenvalue weighted by Gasteiger charge is -2.32. The van der Waals surface area contributed by atoms with Crippen molar-refractivity contribution in [3.05, 3.63) is 52.8 Å². The topological polar surface area (TPSA) is 39.9 Å². The molecule has 1 unspecified atom stereocenters. The number of hydrogen-bond acceptors (Lipinski definition) is 3. The molecule has 0 amide bonds. The Bertz CT molecular complexity index is 1040. The molecular weight excluding hydrogens is 424 g/mol. The van der Waals surface area contributed by atoms with E-state index in [-0.39, 0.29) is 16.7 Å². The average molecular weight is 438 g/mol. The lowest BCUT2D eigenvalue weighted by atomic mass is 9.93. The highest BCUT2D eigenvalue weighted by molar-refractivity contribution is 6.32. The van der Waals surface area contributed by atoms with Crippen LogP contribution in [-0.2, 0) is 16.5 Å². The van der Waals surface area contributed by atoms with E-state index in [2.05, 4.69) is 10.1 Å². The summed E-state index contributed by atoms with van der Waals surface area (Å²) in [6, 6.07) is 6.60. The van der Waals surface area contributed by atoms with Crippen LogP contribution in [0.4, 0.5) is 26.3 Å². The third kappa shape index (κ3) is 3.44. The van der Waals surface area contributed by atoms with Crippen molar-refractivity contribution in [1.82, 2.24) is 14.8 Å². The lowest BCUT2D eigenvalue weighted by Crippen LogP contribution is -2.44. The van der Waals surface area contributed by atoms with Crippen LogP contribution in [0.3, 0.4) is 0 Å². The van der Waals surface area contributed by atoms with Gasteiger partial charge in [-0.05, 0) is 18.6 Å². The number of nitrogens with zero attached hydrogens (tertiary/aromatic N) is 3. The van der Waals surface area contributed by atoms with E-state index in [1.165, 1.54) is 25.1 Å². The number of benzene rings is 1. The van der Waals surface area contributed by atoms with Gasteiger partial charge in [0.1, 0.15) is 5.69 Å². The quantitative estimate of drug-likeness (QED) is 0.477. The molecule has 4 nitrogen and oxygen atoms in total. The van der Waals surface area contributed by atoms with Gasteiger partial charge >= 0.3 is 12.4 Å². The molecule has 3 aromatic rings. The van der Waals surface area contributed by atoms with Gasteiger partial charge in [-0.1, -0.05) is 36.7 Å². The van der Waals surface area contributed by atoms with Gasteiger partial charge in [0.15, 0.2) is 5.82 Å². The second-order valence-electron chi connectivity index (χ2n) is 6.19. The SMILES string of the molecule is CCC(OC)(c1nn(-c2ncc(C(F)(F)F)cc2Cl)c2ccccc12)C(F)(F)F. The van der Waals surface area contributed by atoms with Gasteiger partial charge in [0.2, 0.25) is 5.60 Å². The summed E-state index contributed by atoms with van der Waals surface area (Å²) >= 11 is 5.97. The van der Waals surface area contributed by atoms with Gasteiger partial charge in [-0.3, -0.25) is 0 Å². The fourth-order valence-corrected chi connectivity index (χ4v) is 3.37. The van der Waals surface area contributed by atoms with Crippen LogP contribution in [0.25, 0.3) is 16.7 Å². The first-order chi connectivity index (χ1) is 13.5. The maximum atomic E-state index is 13.9. The van der Waals surface area contributed by atoms with Gasteiger partial charge in [-0.25, -0.2) is 9.67 Å². The van der Waals surface area contributed by atoms with Crippen molar-refractivity contribution in [3.63, 3.8) is 0 Å². The van der Waals surface area contributed by atoms with Gasteiger partial charge in [0, 0.05) is 18.7 Å². The van der Waals surface area contributed by atoms with Gasteiger partial charge in [0.05, 0.1) is 16.1 Å². The molecule has 0 spiro atoms. The van der Waals surface area contributed by atoms with Crippen LogP contribution in [0.5, 0.6) is 0 Å². The highest BCUT2D eigenvalue weighted by Gasteiger charge is 2.58. The second-order valence-corrected chi connectivity index (χ2v) is 6.59. The summed E-state index contributed by atoms with van der Waals surface area (Å²) in [6.07, 6.45) is -9.39. The predicted octanol–water partition coefficient (Wildman–Crippen LogP) is 5.91. The number of pyridine rings is 1. The second kappa shape index (κ2) is 7.17. The Hall–Kier alpha value is -2.33. The minimum atomic E-state index is -4.80. The average Bonchev–Trinajstić information content (AvgIpc) is 3.01. The van der Waals surface area contributed by atoms with Crippen LogP contribution in [0.2, 0.25) is 5.02 Å². The van der Waals surface area contributed by atoms with E-state index in [1.54, 1.807) is 6.07 Å². The maximum absolute atomic E-state index is 13.9. The highest BCUT2D eigenvalue weighted by Crippen LogP contribution is 2.46. The number of fused-ring (bicyclic) bond motifs is 1. The monoisotopic (exact) mass is 437 g/mol. The van der Waals surface area contributed by atoms with Crippen molar-refractivity contribution >= 4 is 22.5 Å². The number of hydrogen-bond donors (Lipinski definition) is 0. The van der Waals surface area contributed by atoms with Gasteiger partial charge in [-0.2, -0.15) is 31.4 Å². The fourth-order valence-electron chi connectivity index (χ4n) is 3.13. The van der Waals surface area contributed by atoms with Gasteiger partial charge in [0.25, 0.3) is 0 Å². The molecule has 11 heteroatoms. The molecule has 29 heavy (non-hydrogen) atoms. The normalized spacial score (nSPS) is 14.9. The zero-order chi connectivity index (χ0) is 21.6. The number of aromatic nitrogens is 3. The van der Waals surface area contributed by atoms with Gasteiger partial charge in [-0.15, -0.1) is 0 Å². The molecule has 0 bridgehead atoms. The van der Waals surface area contributed by atoms with Crippen LogP contribution in [-0.4, -0.2) is 28.1 Å². The molecule has 1 atom stereocenters. The number of halogens is 7. The molecule has 1 aromatic carbocycles. The molecule has 0 aliphatic rings. The van der Waals surface area contributed by atoms with Crippen LogP contribution in [0.15, 0.2) is 36.5 Å². The van der Waals surface area contributed by atoms with Crippen LogP contribution >= 0.6 is 11.6 Å². The van der Waals surface area contributed by atoms with Crippen molar-refractivity contribution in [2.75, 3.05) is 7.11 Å². The van der Waals surface area contributed by atoms with E-state index < -0.39 is 40.7 Å².